The number of esters is 1. The van der Waals surface area contributed by atoms with Gasteiger partial charge in [-0.25, -0.2) is 4.79 Å². The molecule has 1 spiro atoms. The fourth-order valence-electron chi connectivity index (χ4n) is 3.36. The van der Waals surface area contributed by atoms with Crippen LogP contribution in [0.3, 0.4) is 0 Å². The van der Waals surface area contributed by atoms with Crippen LogP contribution in [0.25, 0.3) is 0 Å². The van der Waals surface area contributed by atoms with Crippen LogP contribution in [0.15, 0.2) is 24.3 Å². The van der Waals surface area contributed by atoms with Crippen molar-refractivity contribution in [3.8, 4) is 0 Å². The van der Waals surface area contributed by atoms with Crippen molar-refractivity contribution < 1.29 is 19.1 Å². The number of ether oxygens (including phenoxy) is 1. The molecule has 0 unspecified atom stereocenters. The first-order chi connectivity index (χ1) is 12.9. The summed E-state index contributed by atoms with van der Waals surface area (Å²) < 4.78 is 4.88. The number of benzene rings is 1. The van der Waals surface area contributed by atoms with Crippen molar-refractivity contribution in [1.82, 2.24) is 10.6 Å². The number of hydrogen-bond acceptors (Lipinski definition) is 5. The average molecular weight is 411 g/mol. The van der Waals surface area contributed by atoms with Crippen molar-refractivity contribution in [3.63, 3.8) is 0 Å². The molecule has 8 heteroatoms. The first-order valence-electron chi connectivity index (χ1n) is 9.08. The smallest absolute Gasteiger partial charge is 0.330 e. The Balaban J connectivity index is 1.48. The maximum Gasteiger partial charge on any atom is 0.330 e. The number of thioether (sulfide) groups is 1. The Morgan fingerprint density at radius 1 is 1.37 bits per heavy atom. The minimum absolute atomic E-state index is 0.0889. The molecule has 2 fully saturated rings. The van der Waals surface area contributed by atoms with Crippen LogP contribution in [0.5, 0.6) is 0 Å². The van der Waals surface area contributed by atoms with E-state index in [1.807, 2.05) is 18.2 Å². The van der Waals surface area contributed by atoms with Crippen LogP contribution in [0.2, 0.25) is 5.02 Å². The molecule has 2 N–H and O–H groups in total. The summed E-state index contributed by atoms with van der Waals surface area (Å²) in [5.74, 6) is -0.609. The third kappa shape index (κ3) is 4.58. The predicted molar refractivity (Wildman–Crippen MR) is 104 cm³/mol. The van der Waals surface area contributed by atoms with Gasteiger partial charge in [-0.2, -0.15) is 0 Å². The second-order valence-electron chi connectivity index (χ2n) is 6.93. The lowest BCUT2D eigenvalue weighted by Gasteiger charge is -2.35. The molecule has 1 heterocycles. The van der Waals surface area contributed by atoms with Crippen molar-refractivity contribution >= 4 is 41.1 Å². The normalized spacial score (nSPS) is 22.1. The minimum atomic E-state index is -0.954. The number of carbonyl (C=O) groups excluding carboxylic acids is 3. The van der Waals surface area contributed by atoms with E-state index in [1.165, 1.54) is 18.7 Å². The molecule has 1 aromatic rings. The van der Waals surface area contributed by atoms with Crippen molar-refractivity contribution in [1.29, 1.82) is 0 Å². The topological polar surface area (TPSA) is 84.5 Å². The molecule has 2 amide bonds. The maximum atomic E-state index is 12.4. The number of carbonyl (C=O) groups is 3. The van der Waals surface area contributed by atoms with E-state index in [0.717, 1.165) is 31.2 Å². The Bertz CT molecular complexity index is 736. The van der Waals surface area contributed by atoms with Gasteiger partial charge in [0.15, 0.2) is 6.10 Å². The molecule has 0 aromatic heterocycles. The van der Waals surface area contributed by atoms with E-state index < -0.39 is 24.0 Å². The first-order valence-corrected chi connectivity index (χ1v) is 10.4. The lowest BCUT2D eigenvalue weighted by Crippen LogP contribution is -2.56. The quantitative estimate of drug-likeness (QED) is 0.728. The Morgan fingerprint density at radius 2 is 2.07 bits per heavy atom. The fourth-order valence-corrected chi connectivity index (χ4v) is 5.04. The summed E-state index contributed by atoms with van der Waals surface area (Å²) in [6, 6.07) is 6.48. The number of halogens is 1. The molecule has 0 radical (unpaired) electrons. The molecule has 2 atom stereocenters. The van der Waals surface area contributed by atoms with E-state index in [1.54, 1.807) is 6.07 Å². The van der Waals surface area contributed by atoms with Crippen molar-refractivity contribution in [2.75, 3.05) is 5.75 Å². The van der Waals surface area contributed by atoms with Gasteiger partial charge in [0, 0.05) is 17.3 Å². The van der Waals surface area contributed by atoms with Gasteiger partial charge in [-0.05, 0) is 31.4 Å². The summed E-state index contributed by atoms with van der Waals surface area (Å²) >= 11 is 7.59. The Hall–Kier alpha value is -1.73. The molecule has 1 saturated carbocycles. The molecular weight excluding hydrogens is 388 g/mol. The van der Waals surface area contributed by atoms with Gasteiger partial charge in [-0.15, -0.1) is 11.8 Å². The molecule has 1 saturated heterocycles. The van der Waals surface area contributed by atoms with Crippen molar-refractivity contribution in [2.45, 2.75) is 56.0 Å². The highest BCUT2D eigenvalue weighted by atomic mass is 35.5. The van der Waals surface area contributed by atoms with Crippen LogP contribution >= 0.6 is 23.4 Å². The van der Waals surface area contributed by atoms with Gasteiger partial charge in [-0.3, -0.25) is 9.59 Å². The SMILES string of the molecule is C[C@H](OC(=O)[C@H]1CSC2(CCCC2)C(=O)N1)C(=O)NCc1ccccc1Cl. The Kier molecular flexibility index (Phi) is 6.32. The minimum Gasteiger partial charge on any atom is -0.451 e. The van der Waals surface area contributed by atoms with Crippen LogP contribution in [0, 0.1) is 0 Å². The lowest BCUT2D eigenvalue weighted by molar-refractivity contribution is -0.157. The standard InChI is InChI=1S/C19H23ClN2O4S/c1-12(16(23)21-10-13-6-2-3-7-14(13)20)26-17(24)15-11-27-19(18(25)22-15)8-4-5-9-19/h2-3,6-7,12,15H,4-5,8-11H2,1H3,(H,21,23)(H,22,25)/t12-,15+/m0/s1. The molecular formula is C19H23ClN2O4S. The van der Waals surface area contributed by atoms with Crippen LogP contribution in [-0.2, 0) is 25.7 Å². The number of rotatable bonds is 5. The molecule has 6 nitrogen and oxygen atoms in total. The summed E-state index contributed by atoms with van der Waals surface area (Å²) in [7, 11) is 0. The molecule has 0 bridgehead atoms. The summed E-state index contributed by atoms with van der Waals surface area (Å²) in [4.78, 5) is 36.9. The lowest BCUT2D eigenvalue weighted by atomic mass is 10.1. The van der Waals surface area contributed by atoms with Crippen LogP contribution < -0.4 is 10.6 Å². The van der Waals surface area contributed by atoms with Crippen LogP contribution in [-0.4, -0.2) is 40.4 Å². The largest absolute Gasteiger partial charge is 0.451 e. The zero-order valence-corrected chi connectivity index (χ0v) is 16.7. The Labute approximate surface area is 167 Å². The molecule has 1 aliphatic heterocycles. The Morgan fingerprint density at radius 3 is 2.74 bits per heavy atom. The monoisotopic (exact) mass is 410 g/mol. The van der Waals surface area contributed by atoms with Gasteiger partial charge in [0.05, 0.1) is 4.75 Å². The summed E-state index contributed by atoms with van der Waals surface area (Å²) in [5, 5.41) is 6.04. The zero-order valence-electron chi connectivity index (χ0n) is 15.1. The molecule has 3 rings (SSSR count). The van der Waals surface area contributed by atoms with E-state index in [4.69, 9.17) is 16.3 Å². The first kappa shape index (κ1) is 20.0. The van der Waals surface area contributed by atoms with Gasteiger partial charge < -0.3 is 15.4 Å². The van der Waals surface area contributed by atoms with E-state index in [2.05, 4.69) is 10.6 Å². The van der Waals surface area contributed by atoms with Gasteiger partial charge in [-0.1, -0.05) is 42.6 Å². The van der Waals surface area contributed by atoms with Gasteiger partial charge >= 0.3 is 5.97 Å². The van der Waals surface area contributed by atoms with Gasteiger partial charge in [0.25, 0.3) is 5.91 Å². The van der Waals surface area contributed by atoms with Crippen molar-refractivity contribution in [2.24, 2.45) is 0 Å². The van der Waals surface area contributed by atoms with Crippen LogP contribution in [0.1, 0.15) is 38.2 Å². The molecule has 1 aromatic carbocycles. The zero-order chi connectivity index (χ0) is 19.4. The summed E-state index contributed by atoms with van der Waals surface area (Å²) in [6.07, 6.45) is 2.83. The van der Waals surface area contributed by atoms with E-state index >= 15 is 0 Å². The summed E-state index contributed by atoms with van der Waals surface area (Å²) in [5.41, 5.74) is 0.781. The maximum absolute atomic E-state index is 12.4. The number of amides is 2. The summed E-state index contributed by atoms with van der Waals surface area (Å²) in [6.45, 7) is 1.76. The average Bonchev–Trinajstić information content (AvgIpc) is 3.12. The highest BCUT2D eigenvalue weighted by Crippen LogP contribution is 2.44. The van der Waals surface area contributed by atoms with Gasteiger partial charge in [0.2, 0.25) is 5.91 Å². The van der Waals surface area contributed by atoms with Crippen molar-refractivity contribution in [3.05, 3.63) is 34.9 Å². The predicted octanol–water partition coefficient (Wildman–Crippen LogP) is 2.43. The molecule has 27 heavy (non-hydrogen) atoms. The molecule has 1 aliphatic carbocycles. The molecule has 2 aliphatic rings. The fraction of sp³-hybridized carbons (Fsp3) is 0.526. The van der Waals surface area contributed by atoms with E-state index in [9.17, 15) is 14.4 Å². The second-order valence-corrected chi connectivity index (χ2v) is 8.74. The highest BCUT2D eigenvalue weighted by Gasteiger charge is 2.47. The number of nitrogens with one attached hydrogen (secondary N) is 2. The molecule has 146 valence electrons. The third-order valence-electron chi connectivity index (χ3n) is 5.01. The van der Waals surface area contributed by atoms with E-state index in [0.29, 0.717) is 10.8 Å². The number of hydrogen-bond donors (Lipinski definition) is 2. The highest BCUT2D eigenvalue weighted by molar-refractivity contribution is 8.01. The van der Waals surface area contributed by atoms with E-state index in [-0.39, 0.29) is 17.2 Å². The van der Waals surface area contributed by atoms with Gasteiger partial charge in [0.1, 0.15) is 6.04 Å². The third-order valence-corrected chi connectivity index (χ3v) is 7.03. The second kappa shape index (κ2) is 8.52. The van der Waals surface area contributed by atoms with Crippen LogP contribution in [0.4, 0.5) is 0 Å².